The monoisotopic (exact) mass is 382 g/mol. The molecule has 1 unspecified atom stereocenters. The number of anilines is 1. The van der Waals surface area contributed by atoms with Crippen LogP contribution < -0.4 is 14.4 Å². The Morgan fingerprint density at radius 2 is 2.16 bits per heavy atom. The summed E-state index contributed by atoms with van der Waals surface area (Å²) in [4.78, 5) is 14.4. The van der Waals surface area contributed by atoms with E-state index in [0.29, 0.717) is 11.4 Å². The number of hydrogen-bond donors (Lipinski definition) is 1. The maximum Gasteiger partial charge on any atom is 0.414 e. The van der Waals surface area contributed by atoms with Gasteiger partial charge in [0.05, 0.1) is 19.3 Å². The van der Waals surface area contributed by atoms with E-state index in [1.54, 1.807) is 43.5 Å². The summed E-state index contributed by atoms with van der Waals surface area (Å²) in [7, 11) is -2.05. The van der Waals surface area contributed by atoms with Gasteiger partial charge in [-0.15, -0.1) is 11.3 Å². The standard InChI is InChI=1S/C16H18N2O5S2/c1-11-6-7-15(24-11)25(20,21)17-9-14-10-18(16(19)23-14)12-4-3-5-13(8-12)22-2/h3-8,14,17H,9-10H2,1-2H3. The number of sulfonamides is 1. The van der Waals surface area contributed by atoms with Crippen molar-refractivity contribution < 1.29 is 22.7 Å². The van der Waals surface area contributed by atoms with Crippen LogP contribution in [0.2, 0.25) is 0 Å². The van der Waals surface area contributed by atoms with Crippen LogP contribution in [0.4, 0.5) is 10.5 Å². The van der Waals surface area contributed by atoms with Crippen molar-refractivity contribution in [2.75, 3.05) is 25.1 Å². The van der Waals surface area contributed by atoms with Crippen LogP contribution in [0.25, 0.3) is 0 Å². The molecule has 1 aromatic carbocycles. The fourth-order valence-electron chi connectivity index (χ4n) is 2.45. The SMILES string of the molecule is COc1cccc(N2CC(CNS(=O)(=O)c3ccc(C)s3)OC2=O)c1. The molecule has 2 aromatic rings. The number of methoxy groups -OCH3 is 1. The van der Waals surface area contributed by atoms with Gasteiger partial charge in [-0.3, -0.25) is 4.90 Å². The van der Waals surface area contributed by atoms with E-state index in [9.17, 15) is 13.2 Å². The average molecular weight is 382 g/mol. The van der Waals surface area contributed by atoms with Crippen LogP contribution in [-0.2, 0) is 14.8 Å². The number of carbonyl (C=O) groups is 1. The van der Waals surface area contributed by atoms with Crippen LogP contribution in [-0.4, -0.2) is 40.8 Å². The van der Waals surface area contributed by atoms with E-state index in [1.807, 2.05) is 6.92 Å². The van der Waals surface area contributed by atoms with Gasteiger partial charge in [0.25, 0.3) is 0 Å². The first-order valence-electron chi connectivity index (χ1n) is 7.57. The minimum atomic E-state index is -3.60. The minimum Gasteiger partial charge on any atom is -0.497 e. The molecule has 0 aliphatic carbocycles. The van der Waals surface area contributed by atoms with Gasteiger partial charge in [0.1, 0.15) is 16.1 Å². The molecule has 1 saturated heterocycles. The highest BCUT2D eigenvalue weighted by Gasteiger charge is 2.33. The zero-order chi connectivity index (χ0) is 18.0. The molecule has 1 fully saturated rings. The average Bonchev–Trinajstić information content (AvgIpc) is 3.19. The normalized spacial score (nSPS) is 17.6. The van der Waals surface area contributed by atoms with Gasteiger partial charge in [-0.05, 0) is 31.2 Å². The van der Waals surface area contributed by atoms with Crippen molar-refractivity contribution in [3.8, 4) is 5.75 Å². The summed E-state index contributed by atoms with van der Waals surface area (Å²) in [5, 5.41) is 0. The highest BCUT2D eigenvalue weighted by atomic mass is 32.2. The van der Waals surface area contributed by atoms with Crippen LogP contribution in [0.3, 0.4) is 0 Å². The Morgan fingerprint density at radius 1 is 1.36 bits per heavy atom. The van der Waals surface area contributed by atoms with E-state index >= 15 is 0 Å². The second-order valence-corrected chi connectivity index (χ2v) is 8.82. The Morgan fingerprint density at radius 3 is 2.84 bits per heavy atom. The van der Waals surface area contributed by atoms with Crippen molar-refractivity contribution in [2.45, 2.75) is 17.2 Å². The third kappa shape index (κ3) is 3.94. The second kappa shape index (κ2) is 7.03. The van der Waals surface area contributed by atoms with Crippen LogP contribution in [0.5, 0.6) is 5.75 Å². The highest BCUT2D eigenvalue weighted by Crippen LogP contribution is 2.26. The summed E-state index contributed by atoms with van der Waals surface area (Å²) in [5.74, 6) is 0.627. The number of ether oxygens (including phenoxy) is 2. The molecule has 0 spiro atoms. The molecule has 2 heterocycles. The number of carbonyl (C=O) groups excluding carboxylic acids is 1. The molecule has 0 radical (unpaired) electrons. The molecule has 1 atom stereocenters. The Balaban J connectivity index is 1.65. The van der Waals surface area contributed by atoms with Crippen LogP contribution in [0.1, 0.15) is 4.88 Å². The van der Waals surface area contributed by atoms with E-state index in [4.69, 9.17) is 9.47 Å². The van der Waals surface area contributed by atoms with Gasteiger partial charge in [0, 0.05) is 17.5 Å². The van der Waals surface area contributed by atoms with Crippen LogP contribution in [0.15, 0.2) is 40.6 Å². The lowest BCUT2D eigenvalue weighted by atomic mass is 10.2. The van der Waals surface area contributed by atoms with E-state index in [2.05, 4.69) is 4.72 Å². The summed E-state index contributed by atoms with van der Waals surface area (Å²) in [6.45, 7) is 2.12. The van der Waals surface area contributed by atoms with Crippen LogP contribution in [0, 0.1) is 6.92 Å². The molecule has 1 aromatic heterocycles. The van der Waals surface area contributed by atoms with E-state index in [-0.39, 0.29) is 17.3 Å². The fraction of sp³-hybridized carbons (Fsp3) is 0.312. The number of benzene rings is 1. The predicted molar refractivity (Wildman–Crippen MR) is 94.9 cm³/mol. The molecule has 0 saturated carbocycles. The fourth-order valence-corrected chi connectivity index (χ4v) is 4.84. The lowest BCUT2D eigenvalue weighted by Gasteiger charge is -2.14. The Hall–Kier alpha value is -2.10. The first-order valence-corrected chi connectivity index (χ1v) is 9.87. The van der Waals surface area contributed by atoms with Crippen molar-refractivity contribution in [2.24, 2.45) is 0 Å². The number of aryl methyl sites for hydroxylation is 1. The van der Waals surface area contributed by atoms with E-state index in [1.165, 1.54) is 16.2 Å². The highest BCUT2D eigenvalue weighted by molar-refractivity contribution is 7.91. The van der Waals surface area contributed by atoms with E-state index in [0.717, 1.165) is 4.88 Å². The zero-order valence-corrected chi connectivity index (χ0v) is 15.4. The van der Waals surface area contributed by atoms with Gasteiger partial charge in [-0.25, -0.2) is 17.9 Å². The van der Waals surface area contributed by atoms with Crippen molar-refractivity contribution in [3.63, 3.8) is 0 Å². The third-order valence-electron chi connectivity index (χ3n) is 3.72. The smallest absolute Gasteiger partial charge is 0.414 e. The van der Waals surface area contributed by atoms with Gasteiger partial charge in [0.15, 0.2) is 0 Å². The number of nitrogens with one attached hydrogen (secondary N) is 1. The number of amides is 1. The number of hydrogen-bond acceptors (Lipinski definition) is 6. The molecular formula is C16H18N2O5S2. The molecule has 9 heteroatoms. The maximum absolute atomic E-state index is 12.2. The van der Waals surface area contributed by atoms with Crippen molar-refractivity contribution in [1.29, 1.82) is 0 Å². The second-order valence-electron chi connectivity index (χ2n) is 5.53. The van der Waals surface area contributed by atoms with Gasteiger partial charge in [-0.2, -0.15) is 0 Å². The molecule has 134 valence electrons. The van der Waals surface area contributed by atoms with Crippen LogP contribution >= 0.6 is 11.3 Å². The van der Waals surface area contributed by atoms with Crippen molar-refractivity contribution in [1.82, 2.24) is 4.72 Å². The Kier molecular flexibility index (Phi) is 4.98. The number of thiophene rings is 1. The van der Waals surface area contributed by atoms with Gasteiger partial charge in [0.2, 0.25) is 10.0 Å². The first-order chi connectivity index (χ1) is 11.9. The summed E-state index contributed by atoms with van der Waals surface area (Å²) in [6, 6.07) is 10.4. The van der Waals surface area contributed by atoms with Gasteiger partial charge >= 0.3 is 6.09 Å². The first kappa shape index (κ1) is 17.7. The third-order valence-corrected chi connectivity index (χ3v) is 6.64. The number of cyclic esters (lactones) is 1. The van der Waals surface area contributed by atoms with Crippen molar-refractivity contribution >= 4 is 33.1 Å². The lowest BCUT2D eigenvalue weighted by molar-refractivity contribution is 0.143. The van der Waals surface area contributed by atoms with Gasteiger partial charge < -0.3 is 9.47 Å². The summed E-state index contributed by atoms with van der Waals surface area (Å²) < 4.78 is 37.7. The topological polar surface area (TPSA) is 84.9 Å². The van der Waals surface area contributed by atoms with E-state index < -0.39 is 22.2 Å². The molecule has 25 heavy (non-hydrogen) atoms. The Bertz CT molecular complexity index is 878. The largest absolute Gasteiger partial charge is 0.497 e. The molecule has 1 aliphatic rings. The number of nitrogens with zero attached hydrogens (tertiary/aromatic N) is 1. The molecular weight excluding hydrogens is 364 g/mol. The number of rotatable bonds is 6. The summed E-state index contributed by atoms with van der Waals surface area (Å²) in [5.41, 5.74) is 0.642. The summed E-state index contributed by atoms with van der Waals surface area (Å²) >= 11 is 1.20. The zero-order valence-electron chi connectivity index (χ0n) is 13.8. The van der Waals surface area contributed by atoms with Crippen molar-refractivity contribution in [3.05, 3.63) is 41.3 Å². The molecule has 1 amide bonds. The Labute approximate surface area is 150 Å². The molecule has 1 aliphatic heterocycles. The molecule has 7 nitrogen and oxygen atoms in total. The van der Waals surface area contributed by atoms with Gasteiger partial charge in [-0.1, -0.05) is 6.07 Å². The summed E-state index contributed by atoms with van der Waals surface area (Å²) in [6.07, 6.45) is -1.07. The predicted octanol–water partition coefficient (Wildman–Crippen LogP) is 2.37. The quantitative estimate of drug-likeness (QED) is 0.829. The maximum atomic E-state index is 12.2. The lowest BCUT2D eigenvalue weighted by Crippen LogP contribution is -2.34. The molecule has 1 N–H and O–H groups in total. The molecule has 0 bridgehead atoms. The molecule has 3 rings (SSSR count). The minimum absolute atomic E-state index is 0.0193.